The highest BCUT2D eigenvalue weighted by Gasteiger charge is 2.33. The van der Waals surface area contributed by atoms with Crippen molar-refractivity contribution in [3.05, 3.63) is 0 Å². The number of rotatable bonds is 11. The molecule has 0 aromatic rings. The first-order chi connectivity index (χ1) is 46.1. The second-order valence-electron chi connectivity index (χ2n) is 51.3. The van der Waals surface area contributed by atoms with E-state index in [0.717, 1.165) is 52.2 Å². The first-order valence-electron chi connectivity index (χ1n) is 41.7. The number of hydrogen-bond donors (Lipinski definition) is 2. The summed E-state index contributed by atoms with van der Waals surface area (Å²) in [6, 6.07) is 0. The van der Waals surface area contributed by atoms with Gasteiger partial charge in [0.1, 0.15) is 0 Å². The van der Waals surface area contributed by atoms with E-state index in [2.05, 4.69) is 467 Å². The van der Waals surface area contributed by atoms with Crippen LogP contribution < -0.4 is 5.32 Å². The number of aliphatic hydroxyl groups excluding tert-OH is 1. The maximum absolute atomic E-state index is 11.8. The maximum atomic E-state index is 11.8. The summed E-state index contributed by atoms with van der Waals surface area (Å²) in [6.45, 7) is 133. The van der Waals surface area contributed by atoms with E-state index >= 15 is 0 Å². The minimum Gasteiger partial charge on any atom is -0.391 e. The molecule has 8 nitrogen and oxygen atoms in total. The molecular weight excluding hydrogens is 1320 g/mol. The minimum atomic E-state index is -0.267. The number of β-amino-alcohol motifs (C(OH)–C–C–N with tert-alkyl or cyclic N) is 1. The van der Waals surface area contributed by atoms with E-state index in [4.69, 9.17) is 0 Å². The van der Waals surface area contributed by atoms with Gasteiger partial charge in [-0.2, -0.15) is 0 Å². The van der Waals surface area contributed by atoms with Gasteiger partial charge in [-0.05, 0) is 300 Å². The molecule has 2 N–H and O–H groups in total. The van der Waals surface area contributed by atoms with E-state index in [9.17, 15) is 9.90 Å². The fourth-order valence-electron chi connectivity index (χ4n) is 7.77. The Morgan fingerprint density at radius 3 is 0.852 bits per heavy atom. The summed E-state index contributed by atoms with van der Waals surface area (Å²) in [4.78, 5) is 23.1. The van der Waals surface area contributed by atoms with Crippen molar-refractivity contribution in [2.45, 2.75) is 436 Å². The van der Waals surface area contributed by atoms with Crippen molar-refractivity contribution in [3.63, 3.8) is 0 Å². The molecule has 0 aliphatic rings. The number of likely N-dealkylation sites (N-methyl/N-ethyl adjacent to an activating group) is 2. The summed E-state index contributed by atoms with van der Waals surface area (Å²) in [5.41, 5.74) is 3.62. The van der Waals surface area contributed by atoms with Gasteiger partial charge in [0, 0.05) is 118 Å². The van der Waals surface area contributed by atoms with Crippen molar-refractivity contribution in [3.8, 4) is 47.4 Å². The number of aliphatic hydroxyl groups is 1. The number of nitrogens with zero attached hydrogens (tertiary/aromatic N) is 5. The predicted octanol–water partition coefficient (Wildman–Crippen LogP) is 27.1. The van der Waals surface area contributed by atoms with Crippen LogP contribution in [0.4, 0.5) is 0 Å². The van der Waals surface area contributed by atoms with Gasteiger partial charge in [-0.15, -0.1) is 5.92 Å². The van der Waals surface area contributed by atoms with E-state index < -0.39 is 0 Å². The van der Waals surface area contributed by atoms with Crippen molar-refractivity contribution >= 4 is 5.91 Å². The summed E-state index contributed by atoms with van der Waals surface area (Å²) < 4.78 is 0. The number of amides is 1. The van der Waals surface area contributed by atoms with Crippen LogP contribution >= 0.6 is 0 Å². The monoisotopic (exact) mass is 1520 g/mol. The molecule has 1 amide bonds. The molecule has 0 aromatic carbocycles. The van der Waals surface area contributed by atoms with Gasteiger partial charge in [-0.1, -0.05) is 215 Å². The lowest BCUT2D eigenvalue weighted by Gasteiger charge is -2.40. The Hall–Kier alpha value is -2.53. The Morgan fingerprint density at radius 2 is 0.657 bits per heavy atom. The fraction of sp³-hybridized carbons (Fsp3) is 0.910. The summed E-state index contributed by atoms with van der Waals surface area (Å²) in [5.74, 6) is 26.2. The molecular formula is C100H206N6O2. The zero-order valence-electron chi connectivity index (χ0n) is 86.2. The molecule has 0 saturated heterocycles. The highest BCUT2D eigenvalue weighted by atomic mass is 16.3. The Morgan fingerprint density at radius 1 is 0.361 bits per heavy atom. The molecule has 0 fully saturated rings. The van der Waals surface area contributed by atoms with Gasteiger partial charge in [-0.3, -0.25) is 19.5 Å². The molecule has 648 valence electrons. The van der Waals surface area contributed by atoms with Crippen molar-refractivity contribution in [1.82, 2.24) is 29.8 Å². The Balaban J connectivity index is -0.000000146. The molecule has 8 heteroatoms. The molecule has 108 heavy (non-hydrogen) atoms. The lowest BCUT2D eigenvalue weighted by molar-refractivity contribution is -0.139. The maximum Gasteiger partial charge on any atom is 0.227 e. The summed E-state index contributed by atoms with van der Waals surface area (Å²) in [6.07, 6.45) is 1.96. The Labute approximate surface area is 686 Å². The third-order valence-electron chi connectivity index (χ3n) is 15.6. The number of carbonyl (C=O) groups excluding carboxylic acids is 1. The van der Waals surface area contributed by atoms with Gasteiger partial charge >= 0.3 is 0 Å². The second-order valence-corrected chi connectivity index (χ2v) is 51.3. The van der Waals surface area contributed by atoms with E-state index in [1.54, 1.807) is 0 Å². The molecule has 0 aliphatic carbocycles. The van der Waals surface area contributed by atoms with E-state index in [1.165, 1.54) is 13.0 Å². The van der Waals surface area contributed by atoms with Crippen LogP contribution in [0, 0.1) is 129 Å². The van der Waals surface area contributed by atoms with Crippen LogP contribution in [0.15, 0.2) is 0 Å². The highest BCUT2D eigenvalue weighted by molar-refractivity contribution is 5.81. The van der Waals surface area contributed by atoms with Crippen molar-refractivity contribution in [2.24, 2.45) is 81.2 Å². The SMILES string of the molecule is CC(C)(C)C#CC(C)(C)C.CC(C)(C)C#CC(C)(C)C.CC(C)(C)C#CC(C)(C)C(C)(C)C.CC(C)(C)C#CCC(C)(C)C.CC(C)(C)CCNC(C)(C)C.CCN(CC(C)(C)C)C(C)(C)C.CN(C)CCN(CC(C)(C)C)C(C)(C)C.CN(CC(C)(C)C)C(=O)C(C)(C)C.CN(CC(O)C(C)(C)C)C(C)(C)C. The molecule has 0 rings (SSSR count). The standard InChI is InChI=1S/C13H30N2.C13H24.C11H23NO.C11H25NO.C11H25N.C11H20.C10H23N.2C10H18/c1-12(2,3)11-15(13(4,5)6)10-9-14(7)8;1-11(2,3)9-10-13(7,8)12(4,5)6;1-10(2,3)8-12(7)9(13)11(4,5)6;1-10(2,3)9(13)8-12(7)11(4,5)6;1-8-12(11(5,6)7)9-10(2,3)4;1-10(2,3)8-7-9-11(4,5)6;1-9(2,3)7-8-11-10(4,5)6;2*1-9(2,3)7-8-10(4,5)6/h9-11H2,1-8H3;1-8H3;8H2,1-7H3;9,13H,8H2,1-7H3;8-9H2,1-7H3;8H2,1-6H3;11H,7-8H2,1-6H3;2*1-6H3. The first kappa shape index (κ1) is 124. The van der Waals surface area contributed by atoms with E-state index in [-0.39, 0.29) is 88.2 Å². The van der Waals surface area contributed by atoms with Gasteiger partial charge in [0.05, 0.1) is 6.10 Å². The molecule has 0 saturated carbocycles. The van der Waals surface area contributed by atoms with Crippen LogP contribution in [-0.4, -0.2) is 144 Å². The normalized spacial score (nSPS) is 13.5. The molecule has 0 aliphatic heterocycles. The van der Waals surface area contributed by atoms with Crippen LogP contribution in [0.2, 0.25) is 0 Å². The topological polar surface area (TPSA) is 65.5 Å². The summed E-state index contributed by atoms with van der Waals surface area (Å²) in [7, 11) is 8.20. The van der Waals surface area contributed by atoms with Crippen LogP contribution in [0.5, 0.6) is 0 Å². The Kier molecular flexibility index (Phi) is 55.8. The van der Waals surface area contributed by atoms with E-state index in [0.29, 0.717) is 27.2 Å². The zero-order chi connectivity index (χ0) is 90.0. The predicted molar refractivity (Wildman–Crippen MR) is 497 cm³/mol. The molecule has 0 spiro atoms. The Bertz CT molecular complexity index is 2490. The molecule has 0 radical (unpaired) electrons. The second kappa shape index (κ2) is 48.7. The highest BCUT2D eigenvalue weighted by Crippen LogP contribution is 2.37. The van der Waals surface area contributed by atoms with Gasteiger partial charge in [0.2, 0.25) is 5.91 Å². The fourth-order valence-corrected chi connectivity index (χ4v) is 7.77. The van der Waals surface area contributed by atoms with Crippen LogP contribution in [0.25, 0.3) is 0 Å². The van der Waals surface area contributed by atoms with E-state index in [1.807, 2.05) is 32.7 Å². The number of nitrogens with one attached hydrogen (secondary N) is 1. The lowest BCUT2D eigenvalue weighted by Crippen LogP contribution is -2.48. The average molecular weight is 1520 g/mol. The smallest absolute Gasteiger partial charge is 0.227 e. The summed E-state index contributed by atoms with van der Waals surface area (Å²) in [5, 5.41) is 13.4. The third-order valence-corrected chi connectivity index (χ3v) is 15.6. The van der Waals surface area contributed by atoms with Crippen LogP contribution in [-0.2, 0) is 4.79 Å². The van der Waals surface area contributed by atoms with Gasteiger partial charge in [0.15, 0.2) is 0 Å². The van der Waals surface area contributed by atoms with Crippen molar-refractivity contribution < 1.29 is 9.90 Å². The zero-order valence-corrected chi connectivity index (χ0v) is 86.2. The lowest BCUT2D eigenvalue weighted by atomic mass is 9.69. The first-order valence-corrected chi connectivity index (χ1v) is 41.7. The van der Waals surface area contributed by atoms with Gasteiger partial charge in [0.25, 0.3) is 0 Å². The number of hydrogen-bond acceptors (Lipinski definition) is 7. The molecule has 0 bridgehead atoms. The van der Waals surface area contributed by atoms with Crippen molar-refractivity contribution in [2.75, 3.05) is 80.5 Å². The largest absolute Gasteiger partial charge is 0.391 e. The van der Waals surface area contributed by atoms with Gasteiger partial charge in [-0.25, -0.2) is 0 Å². The average Bonchev–Trinajstić information content (AvgIpc) is 0.855. The van der Waals surface area contributed by atoms with Crippen LogP contribution in [0.1, 0.15) is 407 Å². The number of carbonyl (C=O) groups is 1. The molecule has 0 aromatic heterocycles. The van der Waals surface area contributed by atoms with Crippen molar-refractivity contribution in [1.29, 1.82) is 0 Å². The molecule has 1 atom stereocenters. The molecule has 0 heterocycles. The van der Waals surface area contributed by atoms with Crippen LogP contribution in [0.3, 0.4) is 0 Å². The third kappa shape index (κ3) is 101. The quantitative estimate of drug-likeness (QED) is 0.200. The minimum absolute atomic E-state index is 0.0283. The van der Waals surface area contributed by atoms with Gasteiger partial charge < -0.3 is 20.2 Å². The molecule has 1 unspecified atom stereocenters. The summed E-state index contributed by atoms with van der Waals surface area (Å²) >= 11 is 0.